The van der Waals surface area contributed by atoms with E-state index < -0.39 is 0 Å². The van der Waals surface area contributed by atoms with Gasteiger partial charge in [-0.3, -0.25) is 0 Å². The van der Waals surface area contributed by atoms with E-state index >= 15 is 0 Å². The molecule has 0 saturated heterocycles. The molecule has 0 aliphatic heterocycles. The van der Waals surface area contributed by atoms with E-state index in [9.17, 15) is 0 Å². The largest absolute Gasteiger partial charge is 1.00 e. The Bertz CT molecular complexity index is 68.5. The van der Waals surface area contributed by atoms with Crippen LogP contribution >= 0.6 is 0 Å². The second-order valence-electron chi connectivity index (χ2n) is 1.24. The van der Waals surface area contributed by atoms with Crippen molar-refractivity contribution in [2.45, 2.75) is 18.4 Å². The minimum atomic E-state index is 0. The van der Waals surface area contributed by atoms with Gasteiger partial charge in [0.25, 0.3) is 0 Å². The molecule has 0 radical (unpaired) electrons. The first kappa shape index (κ1) is 17.0. The van der Waals surface area contributed by atoms with Crippen LogP contribution in [0.5, 0.6) is 0 Å². The van der Waals surface area contributed by atoms with Gasteiger partial charge in [-0.05, 0) is 13.8 Å². The molecule has 0 aromatic carbocycles. The van der Waals surface area contributed by atoms with E-state index in [1.807, 2.05) is 13.8 Å². The van der Waals surface area contributed by atoms with Crippen LogP contribution in [0.2, 0.25) is 4.55 Å². The summed E-state index contributed by atoms with van der Waals surface area (Å²) in [7, 11) is 0. The molecular weight excluding hydrogens is 204 g/mol. The van der Waals surface area contributed by atoms with Crippen molar-refractivity contribution < 1.29 is 21.7 Å². The molecule has 0 amide bonds. The van der Waals surface area contributed by atoms with Crippen LogP contribution in [0, 0.1) is 12.3 Å². The van der Waals surface area contributed by atoms with Gasteiger partial charge in [0.05, 0.1) is 0 Å². The summed E-state index contributed by atoms with van der Waals surface area (Å²) in [5.74, 6) is 2.44. The summed E-state index contributed by atoms with van der Waals surface area (Å²) in [6.45, 7) is 5.67. The summed E-state index contributed by atoms with van der Waals surface area (Å²) < 4.78 is 5.71. The molecule has 0 aliphatic carbocycles. The van der Waals surface area contributed by atoms with Crippen LogP contribution in [-0.4, -0.2) is 34.9 Å². The number of rotatable bonds is 2. The van der Waals surface area contributed by atoms with Gasteiger partial charge in [-0.25, -0.2) is 0 Å². The third-order valence-corrected chi connectivity index (χ3v) is 0.841. The van der Waals surface area contributed by atoms with Gasteiger partial charge in [0.1, 0.15) is 0 Å². The van der Waals surface area contributed by atoms with Crippen molar-refractivity contribution in [3.8, 4) is 12.3 Å². The Labute approximate surface area is 87.1 Å². The smallest absolute Gasteiger partial charge is 0.0437 e. The van der Waals surface area contributed by atoms with Crippen LogP contribution in [0.15, 0.2) is 0 Å². The number of halogens is 1. The zero-order chi connectivity index (χ0) is 7.54. The van der Waals surface area contributed by atoms with Crippen LogP contribution in [0.4, 0.5) is 0 Å². The minimum absolute atomic E-state index is 0. The van der Waals surface area contributed by atoms with E-state index in [0.29, 0.717) is 0 Å². The van der Waals surface area contributed by atoms with Crippen molar-refractivity contribution in [1.82, 2.24) is 0 Å². The van der Waals surface area contributed by atoms with Gasteiger partial charge in [0.2, 0.25) is 0 Å². The van der Waals surface area contributed by atoms with E-state index in [1.165, 1.54) is 0 Å². The van der Waals surface area contributed by atoms with Gasteiger partial charge in [0.15, 0.2) is 0 Å². The summed E-state index contributed by atoms with van der Waals surface area (Å²) in [4.78, 5) is 0. The Morgan fingerprint density at radius 3 is 1.70 bits per heavy atom. The molecule has 0 heterocycles. The van der Waals surface area contributed by atoms with E-state index in [2.05, 4.69) is 5.92 Å². The summed E-state index contributed by atoms with van der Waals surface area (Å²) in [6.07, 6.45) is 4.78. The monoisotopic (exact) mass is 216 g/mol. The predicted octanol–water partition coefficient (Wildman–Crippen LogP) is -1.75. The van der Waals surface area contributed by atoms with Crippen LogP contribution in [0.1, 0.15) is 13.8 Å². The molecule has 0 bridgehead atoms. The van der Waals surface area contributed by atoms with E-state index in [4.69, 9.17) is 11.2 Å². The molecule has 0 aromatic rings. The Balaban J connectivity index is -0.0000000910. The fourth-order valence-electron chi connectivity index (χ4n) is 0.204. The van der Waals surface area contributed by atoms with Crippen molar-refractivity contribution in [1.29, 1.82) is 0 Å². The van der Waals surface area contributed by atoms with E-state index in [-0.39, 0.29) is 17.0 Å². The van der Waals surface area contributed by atoms with Gasteiger partial charge in [-0.15, -0.1) is 0 Å². The maximum absolute atomic E-state index is 4.83. The Hall–Kier alpha value is 0.766. The van der Waals surface area contributed by atoms with Crippen LogP contribution < -0.4 is 17.0 Å². The second kappa shape index (κ2) is 22.6. The van der Waals surface area contributed by atoms with Crippen LogP contribution in [0.3, 0.4) is 0 Å². The first-order chi connectivity index (χ1) is 4.33. The van der Waals surface area contributed by atoms with Crippen LogP contribution in [-0.2, 0) is 4.74 Å². The quantitative estimate of drug-likeness (QED) is 0.394. The molecule has 0 spiro atoms. The van der Waals surface area contributed by atoms with Crippen molar-refractivity contribution >= 4 is 21.7 Å². The van der Waals surface area contributed by atoms with Gasteiger partial charge in [-0.2, -0.15) is 0 Å². The van der Waals surface area contributed by atoms with Gasteiger partial charge in [0, 0.05) is 13.2 Å². The average molecular weight is 217 g/mol. The molecule has 0 fully saturated rings. The van der Waals surface area contributed by atoms with E-state index in [0.717, 1.165) is 17.8 Å². The minimum Gasteiger partial charge on any atom is -1.00 e. The van der Waals surface area contributed by atoms with Crippen LogP contribution in [0.25, 0.3) is 0 Å². The molecule has 10 heavy (non-hydrogen) atoms. The molecule has 1 nitrogen and oxygen atoms in total. The predicted molar refractivity (Wildman–Crippen MR) is 41.6 cm³/mol. The molecule has 0 unspecified atom stereocenters. The number of hydrogen-bond acceptors (Lipinski definition) is 1. The number of ether oxygens (including phenoxy) is 1. The summed E-state index contributed by atoms with van der Waals surface area (Å²) in [6, 6.07) is 0. The third-order valence-electron chi connectivity index (χ3n) is 0.553. The molecule has 0 N–H and O–H groups in total. The molecular formula is C7H13BrMgO. The maximum atomic E-state index is 4.83. The Morgan fingerprint density at radius 2 is 1.70 bits per heavy atom. The van der Waals surface area contributed by atoms with Crippen molar-refractivity contribution in [2.75, 3.05) is 13.2 Å². The second-order valence-corrected chi connectivity index (χ2v) is 1.74. The van der Waals surface area contributed by atoms with Gasteiger partial charge < -0.3 is 21.7 Å². The third kappa shape index (κ3) is 37.3. The fourth-order valence-corrected chi connectivity index (χ4v) is 0.204. The molecule has 0 rings (SSSR count). The summed E-state index contributed by atoms with van der Waals surface area (Å²) in [5, 5.41) is 0. The van der Waals surface area contributed by atoms with E-state index in [1.54, 1.807) is 21.7 Å². The number of terminal acetylenes is 1. The summed E-state index contributed by atoms with van der Waals surface area (Å²) in [5.41, 5.74) is 0. The van der Waals surface area contributed by atoms with Crippen molar-refractivity contribution in [3.05, 3.63) is 0 Å². The Kier molecular flexibility index (Phi) is 38.4. The van der Waals surface area contributed by atoms with Crippen molar-refractivity contribution in [3.63, 3.8) is 0 Å². The molecule has 0 aromatic heterocycles. The summed E-state index contributed by atoms with van der Waals surface area (Å²) >= 11 is 1.79. The standard InChI is InChI=1S/C4H10O.C3H3.BrH.Mg/c1-3-5-4-2;1-3-2;;/h3-4H2,1-2H3;1H,2H2;1H;/q;;;+1/p-1. The molecule has 0 atom stereocenters. The zero-order valence-corrected chi connectivity index (χ0v) is 9.69. The topological polar surface area (TPSA) is 9.23 Å². The van der Waals surface area contributed by atoms with Gasteiger partial charge in [-0.1, -0.05) is 0 Å². The Morgan fingerprint density at radius 1 is 1.40 bits per heavy atom. The first-order valence-corrected chi connectivity index (χ1v) is 4.13. The molecule has 0 saturated carbocycles. The number of hydrogen-bond donors (Lipinski definition) is 0. The van der Waals surface area contributed by atoms with Crippen molar-refractivity contribution in [2.24, 2.45) is 0 Å². The SMILES string of the molecule is C#C[CH2][Mg+].CCOCC.[Br-]. The fraction of sp³-hybridized carbons (Fsp3) is 0.714. The molecule has 0 aliphatic rings. The average Bonchev–Trinajstić information content (AvgIpc) is 1.91. The molecule has 56 valence electrons. The maximum Gasteiger partial charge on any atom is 0.0437 e. The first-order valence-electron chi connectivity index (χ1n) is 3.13. The zero-order valence-electron chi connectivity index (χ0n) is 6.69. The molecule has 3 heteroatoms. The van der Waals surface area contributed by atoms with Gasteiger partial charge >= 0.3 is 38.6 Å². The normalized spacial score (nSPS) is 6.30.